The summed E-state index contributed by atoms with van der Waals surface area (Å²) in [5, 5.41) is 21.4. The largest absolute Gasteiger partial charge is 0.508 e. The lowest BCUT2D eigenvalue weighted by Crippen LogP contribution is -2.50. The predicted molar refractivity (Wildman–Crippen MR) is 143 cm³/mol. The standard InChI is InChI=1S/C30H27N3O5/c31-29(35)27(19-24-13-7-8-14-26(24)33(37)38)32(20-21-15-17-25(34)18-16-21)30(36)28(22-9-3-1-4-10-22)23-11-5-2-6-12-23/h1-18,27-28,34H,19-20H2,(H2,31,35)/t27-/m1/s1. The monoisotopic (exact) mass is 509 g/mol. The van der Waals surface area contributed by atoms with Crippen molar-refractivity contribution in [1.82, 2.24) is 4.90 Å². The Kier molecular flexibility index (Phi) is 8.13. The number of carbonyl (C=O) groups excluding carboxylic acids is 2. The van der Waals surface area contributed by atoms with Crippen LogP contribution in [0.1, 0.15) is 28.2 Å². The van der Waals surface area contributed by atoms with Crippen molar-refractivity contribution >= 4 is 17.5 Å². The minimum atomic E-state index is -1.17. The number of carbonyl (C=O) groups is 2. The number of hydrogen-bond acceptors (Lipinski definition) is 5. The quantitative estimate of drug-likeness (QED) is 0.239. The first kappa shape index (κ1) is 26.1. The molecule has 0 bridgehead atoms. The van der Waals surface area contributed by atoms with Crippen LogP contribution in [0.4, 0.5) is 5.69 Å². The number of para-hydroxylation sites is 1. The third-order valence-electron chi connectivity index (χ3n) is 6.39. The summed E-state index contributed by atoms with van der Waals surface area (Å²) in [6.45, 7) is 0.00349. The van der Waals surface area contributed by atoms with Crippen molar-refractivity contribution in [2.75, 3.05) is 0 Å². The van der Waals surface area contributed by atoms with E-state index in [1.165, 1.54) is 23.1 Å². The smallest absolute Gasteiger partial charge is 0.272 e. The van der Waals surface area contributed by atoms with Gasteiger partial charge in [0.15, 0.2) is 0 Å². The number of nitrogens with zero attached hydrogens (tertiary/aromatic N) is 2. The summed E-state index contributed by atoms with van der Waals surface area (Å²) in [6, 6.07) is 29.6. The van der Waals surface area contributed by atoms with Crippen LogP contribution in [0.5, 0.6) is 5.75 Å². The lowest BCUT2D eigenvalue weighted by Gasteiger charge is -2.33. The molecule has 38 heavy (non-hydrogen) atoms. The van der Waals surface area contributed by atoms with Gasteiger partial charge in [0, 0.05) is 24.6 Å². The van der Waals surface area contributed by atoms with E-state index in [9.17, 15) is 24.8 Å². The Bertz CT molecular complexity index is 1370. The van der Waals surface area contributed by atoms with Crippen molar-refractivity contribution in [1.29, 1.82) is 0 Å². The van der Waals surface area contributed by atoms with E-state index < -0.39 is 22.8 Å². The molecule has 8 nitrogen and oxygen atoms in total. The number of nitro groups is 1. The second-order valence-corrected chi connectivity index (χ2v) is 8.90. The molecule has 0 saturated carbocycles. The molecule has 0 spiro atoms. The van der Waals surface area contributed by atoms with E-state index in [4.69, 9.17) is 5.73 Å². The van der Waals surface area contributed by atoms with Crippen LogP contribution in [0.15, 0.2) is 109 Å². The number of amides is 2. The Balaban J connectivity index is 1.82. The highest BCUT2D eigenvalue weighted by molar-refractivity contribution is 5.92. The number of primary amides is 1. The van der Waals surface area contributed by atoms with Gasteiger partial charge in [0.25, 0.3) is 5.69 Å². The topological polar surface area (TPSA) is 127 Å². The van der Waals surface area contributed by atoms with E-state index in [2.05, 4.69) is 0 Å². The van der Waals surface area contributed by atoms with E-state index in [-0.39, 0.29) is 30.3 Å². The number of hydrogen-bond donors (Lipinski definition) is 2. The molecule has 0 radical (unpaired) electrons. The molecule has 0 heterocycles. The molecule has 192 valence electrons. The molecule has 0 aromatic heterocycles. The first-order valence-electron chi connectivity index (χ1n) is 12.0. The Morgan fingerprint density at radius 3 is 1.87 bits per heavy atom. The summed E-state index contributed by atoms with van der Waals surface area (Å²) < 4.78 is 0. The molecule has 8 heteroatoms. The fourth-order valence-electron chi connectivity index (χ4n) is 4.51. The van der Waals surface area contributed by atoms with Gasteiger partial charge in [-0.05, 0) is 28.8 Å². The Labute approximate surface area is 220 Å². The number of rotatable bonds is 10. The first-order valence-corrected chi connectivity index (χ1v) is 12.0. The Morgan fingerprint density at radius 2 is 1.34 bits per heavy atom. The average molecular weight is 510 g/mol. The lowest BCUT2D eigenvalue weighted by atomic mass is 9.88. The number of nitrogens with two attached hydrogens (primary N) is 1. The average Bonchev–Trinajstić information content (AvgIpc) is 2.93. The van der Waals surface area contributed by atoms with Crippen molar-refractivity contribution < 1.29 is 19.6 Å². The van der Waals surface area contributed by atoms with Gasteiger partial charge in [-0.2, -0.15) is 0 Å². The minimum absolute atomic E-state index is 0.00349. The van der Waals surface area contributed by atoms with Gasteiger partial charge in [0.1, 0.15) is 11.8 Å². The highest BCUT2D eigenvalue weighted by atomic mass is 16.6. The molecule has 0 aliphatic rings. The molecule has 0 aliphatic carbocycles. The van der Waals surface area contributed by atoms with Gasteiger partial charge < -0.3 is 15.7 Å². The molecular formula is C30H27N3O5. The van der Waals surface area contributed by atoms with Crippen LogP contribution in [0, 0.1) is 10.1 Å². The van der Waals surface area contributed by atoms with Crippen LogP contribution in [0.3, 0.4) is 0 Å². The molecular weight excluding hydrogens is 482 g/mol. The van der Waals surface area contributed by atoms with E-state index in [0.717, 1.165) is 11.1 Å². The van der Waals surface area contributed by atoms with Crippen LogP contribution in [-0.4, -0.2) is 32.8 Å². The zero-order valence-electron chi connectivity index (χ0n) is 20.5. The maximum absolute atomic E-state index is 14.4. The fraction of sp³-hybridized carbons (Fsp3) is 0.133. The number of nitro benzene ring substituents is 1. The molecule has 0 fully saturated rings. The van der Waals surface area contributed by atoms with Crippen LogP contribution < -0.4 is 5.73 Å². The summed E-state index contributed by atoms with van der Waals surface area (Å²) in [5.41, 5.74) is 8.12. The number of phenolic OH excluding ortho intramolecular Hbond substituents is 1. The highest BCUT2D eigenvalue weighted by Gasteiger charge is 2.35. The van der Waals surface area contributed by atoms with Crippen LogP contribution in [0.25, 0.3) is 0 Å². The molecule has 4 aromatic carbocycles. The fourth-order valence-corrected chi connectivity index (χ4v) is 4.51. The van der Waals surface area contributed by atoms with Crippen LogP contribution in [-0.2, 0) is 22.6 Å². The van der Waals surface area contributed by atoms with E-state index in [1.54, 1.807) is 30.3 Å². The molecule has 0 saturated heterocycles. The predicted octanol–water partition coefficient (Wildman–Crippen LogP) is 4.56. The molecule has 3 N–H and O–H groups in total. The van der Waals surface area contributed by atoms with Gasteiger partial charge in [-0.15, -0.1) is 0 Å². The second kappa shape index (κ2) is 11.8. The van der Waals surface area contributed by atoms with Crippen molar-refractivity contribution in [2.45, 2.75) is 24.9 Å². The summed E-state index contributed by atoms with van der Waals surface area (Å²) >= 11 is 0. The first-order chi connectivity index (χ1) is 18.3. The van der Waals surface area contributed by atoms with Crippen molar-refractivity contribution in [3.8, 4) is 5.75 Å². The van der Waals surface area contributed by atoms with E-state index in [0.29, 0.717) is 11.1 Å². The number of benzene rings is 4. The third-order valence-corrected chi connectivity index (χ3v) is 6.39. The Hall–Kier alpha value is -4.98. The molecule has 1 atom stereocenters. The molecule has 0 unspecified atom stereocenters. The second-order valence-electron chi connectivity index (χ2n) is 8.90. The molecule has 0 aliphatic heterocycles. The summed E-state index contributed by atoms with van der Waals surface area (Å²) in [4.78, 5) is 39.8. The maximum Gasteiger partial charge on any atom is 0.272 e. The van der Waals surface area contributed by atoms with Crippen molar-refractivity contribution in [2.24, 2.45) is 5.73 Å². The summed E-state index contributed by atoms with van der Waals surface area (Å²) in [5.74, 6) is -1.85. The minimum Gasteiger partial charge on any atom is -0.508 e. The van der Waals surface area contributed by atoms with Gasteiger partial charge in [-0.25, -0.2) is 0 Å². The van der Waals surface area contributed by atoms with E-state index >= 15 is 0 Å². The number of aromatic hydroxyl groups is 1. The highest BCUT2D eigenvalue weighted by Crippen LogP contribution is 2.30. The molecule has 4 rings (SSSR count). The maximum atomic E-state index is 14.4. The van der Waals surface area contributed by atoms with Gasteiger partial charge in [-0.1, -0.05) is 91.0 Å². The molecule has 2 amide bonds. The van der Waals surface area contributed by atoms with Gasteiger partial charge in [0.05, 0.1) is 10.8 Å². The molecule has 4 aromatic rings. The van der Waals surface area contributed by atoms with Gasteiger partial charge >= 0.3 is 0 Å². The zero-order valence-corrected chi connectivity index (χ0v) is 20.5. The lowest BCUT2D eigenvalue weighted by molar-refractivity contribution is -0.385. The van der Waals surface area contributed by atoms with Crippen molar-refractivity contribution in [3.63, 3.8) is 0 Å². The normalized spacial score (nSPS) is 11.6. The summed E-state index contributed by atoms with van der Waals surface area (Å²) in [7, 11) is 0. The zero-order chi connectivity index (χ0) is 27.1. The SMILES string of the molecule is NC(=O)[C@@H](Cc1ccccc1[N+](=O)[O-])N(Cc1ccc(O)cc1)C(=O)C(c1ccccc1)c1ccccc1. The van der Waals surface area contributed by atoms with E-state index in [1.807, 2.05) is 60.7 Å². The van der Waals surface area contributed by atoms with Gasteiger partial charge in [0.2, 0.25) is 11.8 Å². The summed E-state index contributed by atoms with van der Waals surface area (Å²) in [6.07, 6.45) is -0.132. The van der Waals surface area contributed by atoms with Crippen LogP contribution in [0.2, 0.25) is 0 Å². The van der Waals surface area contributed by atoms with Crippen molar-refractivity contribution in [3.05, 3.63) is 142 Å². The van der Waals surface area contributed by atoms with Gasteiger partial charge in [-0.3, -0.25) is 19.7 Å². The Morgan fingerprint density at radius 1 is 0.816 bits per heavy atom. The van der Waals surface area contributed by atoms with Crippen LogP contribution >= 0.6 is 0 Å². The number of phenols is 1. The third kappa shape index (κ3) is 6.04.